The van der Waals surface area contributed by atoms with Gasteiger partial charge in [-0.1, -0.05) is 23.2 Å². The minimum Gasteiger partial charge on any atom is -0.398 e. The van der Waals surface area contributed by atoms with Crippen molar-refractivity contribution in [2.75, 3.05) is 5.73 Å². The van der Waals surface area contributed by atoms with E-state index >= 15 is 0 Å². The molecule has 84 valence electrons. The van der Waals surface area contributed by atoms with Gasteiger partial charge in [0.05, 0.1) is 15.7 Å². The molecule has 8 heteroatoms. The first-order chi connectivity index (χ1) is 6.78. The summed E-state index contributed by atoms with van der Waals surface area (Å²) in [7, 11) is -4.84. The van der Waals surface area contributed by atoms with Gasteiger partial charge in [-0.2, -0.15) is 8.78 Å². The van der Waals surface area contributed by atoms with Crippen molar-refractivity contribution < 1.29 is 17.2 Å². The van der Waals surface area contributed by atoms with Crippen molar-refractivity contribution in [3.05, 3.63) is 22.2 Å². The average Bonchev–Trinajstić information content (AvgIpc) is 2.11. The maximum Gasteiger partial charge on any atom is 0.341 e. The van der Waals surface area contributed by atoms with Crippen molar-refractivity contribution in [3.63, 3.8) is 0 Å². The molecule has 2 N–H and O–H groups in total. The molecule has 0 aromatic heterocycles. The quantitative estimate of drug-likeness (QED) is 0.844. The van der Waals surface area contributed by atoms with Gasteiger partial charge >= 0.3 is 5.76 Å². The molecule has 3 nitrogen and oxygen atoms in total. The highest BCUT2D eigenvalue weighted by Gasteiger charge is 2.31. The van der Waals surface area contributed by atoms with Crippen molar-refractivity contribution in [3.8, 4) is 0 Å². The maximum atomic E-state index is 12.2. The number of alkyl halides is 2. The lowest BCUT2D eigenvalue weighted by atomic mass is 10.3. The maximum absolute atomic E-state index is 12.2. The van der Waals surface area contributed by atoms with Gasteiger partial charge in [-0.25, -0.2) is 8.42 Å². The van der Waals surface area contributed by atoms with Crippen LogP contribution in [-0.2, 0) is 9.84 Å². The van der Waals surface area contributed by atoms with E-state index in [9.17, 15) is 17.2 Å². The predicted molar refractivity (Wildman–Crippen MR) is 54.1 cm³/mol. The number of benzene rings is 1. The summed E-state index contributed by atoms with van der Waals surface area (Å²) in [4.78, 5) is -0.827. The van der Waals surface area contributed by atoms with E-state index in [0.717, 1.165) is 6.07 Å². The zero-order valence-electron chi connectivity index (χ0n) is 7.05. The van der Waals surface area contributed by atoms with Crippen molar-refractivity contribution in [1.82, 2.24) is 0 Å². The Hall–Kier alpha value is -0.590. The first-order valence-electron chi connectivity index (χ1n) is 3.54. The summed E-state index contributed by atoms with van der Waals surface area (Å²) >= 11 is 11.0. The Labute approximate surface area is 94.7 Å². The van der Waals surface area contributed by atoms with Gasteiger partial charge in [0.25, 0.3) is 0 Å². The normalized spacial score (nSPS) is 12.1. The summed E-state index contributed by atoms with van der Waals surface area (Å²) < 4.78 is 46.8. The molecule has 0 radical (unpaired) electrons. The Bertz CT molecular complexity index is 490. The van der Waals surface area contributed by atoms with Gasteiger partial charge in [0.2, 0.25) is 9.84 Å². The van der Waals surface area contributed by atoms with E-state index in [1.54, 1.807) is 0 Å². The number of rotatable bonds is 2. The number of nitrogens with two attached hydrogens (primary N) is 1. The Balaban J connectivity index is 3.58. The highest BCUT2D eigenvalue weighted by atomic mass is 35.5. The summed E-state index contributed by atoms with van der Waals surface area (Å²) in [5.74, 6) is -3.59. The van der Waals surface area contributed by atoms with Crippen LogP contribution in [0.4, 0.5) is 14.5 Å². The number of hydrogen-bond acceptors (Lipinski definition) is 3. The van der Waals surface area contributed by atoms with Crippen molar-refractivity contribution in [2.45, 2.75) is 10.7 Å². The van der Waals surface area contributed by atoms with Gasteiger partial charge in [0, 0.05) is 0 Å². The molecule has 0 aliphatic carbocycles. The van der Waals surface area contributed by atoms with Crippen LogP contribution in [0.2, 0.25) is 10.0 Å². The third-order valence-electron chi connectivity index (χ3n) is 1.60. The molecule has 0 aliphatic heterocycles. The van der Waals surface area contributed by atoms with Crippen LogP contribution >= 0.6 is 23.2 Å². The standard InChI is InChI=1S/C7H5Cl2F2NO2S/c8-3-1-2-4(12)6(5(3)9)15(13,14)7(10)11/h1-2,7H,12H2. The van der Waals surface area contributed by atoms with Crippen molar-refractivity contribution in [1.29, 1.82) is 0 Å². The van der Waals surface area contributed by atoms with Crippen LogP contribution < -0.4 is 5.73 Å². The summed E-state index contributed by atoms with van der Waals surface area (Å²) in [5, 5.41) is -0.637. The lowest BCUT2D eigenvalue weighted by Gasteiger charge is -2.09. The molecule has 0 amide bonds. The SMILES string of the molecule is Nc1ccc(Cl)c(Cl)c1S(=O)(=O)C(F)F. The number of nitrogen functional groups attached to an aromatic ring is 1. The van der Waals surface area contributed by atoms with Crippen LogP contribution in [0.5, 0.6) is 0 Å². The van der Waals surface area contributed by atoms with Crippen LogP contribution in [0.25, 0.3) is 0 Å². The molecule has 1 aromatic carbocycles. The second-order valence-electron chi connectivity index (χ2n) is 2.59. The second-order valence-corrected chi connectivity index (χ2v) is 5.23. The zero-order chi connectivity index (χ0) is 11.8. The van der Waals surface area contributed by atoms with Gasteiger partial charge in [-0.15, -0.1) is 0 Å². The van der Waals surface area contributed by atoms with Gasteiger partial charge in [0.15, 0.2) is 0 Å². The molecule has 0 heterocycles. The topological polar surface area (TPSA) is 60.2 Å². The molecule has 0 saturated carbocycles. The highest BCUT2D eigenvalue weighted by Crippen LogP contribution is 2.36. The van der Waals surface area contributed by atoms with Crippen LogP contribution in [0.3, 0.4) is 0 Å². The van der Waals surface area contributed by atoms with Crippen LogP contribution in [0.1, 0.15) is 0 Å². The van der Waals surface area contributed by atoms with E-state index < -0.39 is 25.5 Å². The van der Waals surface area contributed by atoms with Gasteiger partial charge in [-0.3, -0.25) is 0 Å². The molecular formula is C7H5Cl2F2NO2S. The smallest absolute Gasteiger partial charge is 0.341 e. The molecule has 0 bridgehead atoms. The van der Waals surface area contributed by atoms with Crippen molar-refractivity contribution >= 4 is 38.7 Å². The molecule has 1 aromatic rings. The molecule has 15 heavy (non-hydrogen) atoms. The van der Waals surface area contributed by atoms with Crippen LogP contribution in [0.15, 0.2) is 17.0 Å². The van der Waals surface area contributed by atoms with E-state index in [-0.39, 0.29) is 10.7 Å². The van der Waals surface area contributed by atoms with Crippen molar-refractivity contribution in [2.24, 2.45) is 0 Å². The molecule has 0 aliphatic rings. The van der Waals surface area contributed by atoms with E-state index in [1.165, 1.54) is 6.07 Å². The predicted octanol–water partition coefficient (Wildman–Crippen LogP) is 2.57. The largest absolute Gasteiger partial charge is 0.398 e. The first-order valence-corrected chi connectivity index (χ1v) is 5.84. The fourth-order valence-electron chi connectivity index (χ4n) is 0.925. The molecule has 0 spiro atoms. The highest BCUT2D eigenvalue weighted by molar-refractivity contribution is 7.92. The summed E-state index contributed by atoms with van der Waals surface area (Å²) in [6, 6.07) is 2.33. The zero-order valence-corrected chi connectivity index (χ0v) is 9.37. The Morgan fingerprint density at radius 1 is 1.27 bits per heavy atom. The van der Waals surface area contributed by atoms with E-state index in [0.29, 0.717) is 0 Å². The fourth-order valence-corrected chi connectivity index (χ4v) is 2.57. The summed E-state index contributed by atoms with van der Waals surface area (Å²) in [6.45, 7) is 0. The second kappa shape index (κ2) is 4.11. The Morgan fingerprint density at radius 3 is 2.27 bits per heavy atom. The third-order valence-corrected chi connectivity index (χ3v) is 3.99. The molecule has 0 atom stereocenters. The molecule has 0 saturated heterocycles. The first kappa shape index (κ1) is 12.5. The lowest BCUT2D eigenvalue weighted by molar-refractivity contribution is 0.235. The lowest BCUT2D eigenvalue weighted by Crippen LogP contribution is -2.14. The number of hydrogen-bond donors (Lipinski definition) is 1. The monoisotopic (exact) mass is 275 g/mol. The van der Waals surface area contributed by atoms with Crippen LogP contribution in [0, 0.1) is 0 Å². The van der Waals surface area contributed by atoms with E-state index in [1.807, 2.05) is 0 Å². The molecular weight excluding hydrogens is 271 g/mol. The minimum absolute atomic E-state index is 0.148. The van der Waals surface area contributed by atoms with Gasteiger partial charge in [-0.05, 0) is 12.1 Å². The van der Waals surface area contributed by atoms with Gasteiger partial charge in [0.1, 0.15) is 4.90 Å². The molecule has 1 rings (SSSR count). The number of sulfone groups is 1. The van der Waals surface area contributed by atoms with Gasteiger partial charge < -0.3 is 5.73 Å². The average molecular weight is 276 g/mol. The summed E-state index contributed by atoms with van der Waals surface area (Å²) in [5.41, 5.74) is 4.90. The number of anilines is 1. The Kier molecular flexibility index (Phi) is 3.42. The third kappa shape index (κ3) is 2.16. The van der Waals surface area contributed by atoms with Crippen LogP contribution in [-0.4, -0.2) is 14.2 Å². The van der Waals surface area contributed by atoms with E-state index in [4.69, 9.17) is 28.9 Å². The Morgan fingerprint density at radius 2 is 1.80 bits per heavy atom. The minimum atomic E-state index is -4.84. The summed E-state index contributed by atoms with van der Waals surface area (Å²) in [6.07, 6.45) is 0. The molecule has 0 fully saturated rings. The molecule has 0 unspecified atom stereocenters. The fraction of sp³-hybridized carbons (Fsp3) is 0.143. The number of halogens is 4. The van der Waals surface area contributed by atoms with E-state index in [2.05, 4.69) is 0 Å².